The molecule has 1 N–H and O–H groups in total. The molecule has 31 heavy (non-hydrogen) atoms. The molecule has 2 aromatic rings. The van der Waals surface area contributed by atoms with Crippen molar-refractivity contribution < 1.29 is 33.5 Å². The van der Waals surface area contributed by atoms with Gasteiger partial charge in [0.15, 0.2) is 6.10 Å². The number of esters is 2. The highest BCUT2D eigenvalue weighted by molar-refractivity contribution is 5.93. The second-order valence-corrected chi connectivity index (χ2v) is 7.13. The van der Waals surface area contributed by atoms with Crippen LogP contribution in [0.15, 0.2) is 60.7 Å². The largest absolute Gasteiger partial charge is 0.448 e. The lowest BCUT2D eigenvalue weighted by molar-refractivity contribution is -0.260. The Kier molecular flexibility index (Phi) is 5.68. The zero-order valence-electron chi connectivity index (χ0n) is 16.4. The van der Waals surface area contributed by atoms with Crippen LogP contribution < -0.4 is 5.32 Å². The van der Waals surface area contributed by atoms with Gasteiger partial charge in [0.05, 0.1) is 6.42 Å². The van der Waals surface area contributed by atoms with E-state index < -0.39 is 35.7 Å². The van der Waals surface area contributed by atoms with Crippen LogP contribution in [0.3, 0.4) is 0 Å². The zero-order chi connectivity index (χ0) is 21.8. The molecule has 1 unspecified atom stereocenters. The number of benzene rings is 2. The third kappa shape index (κ3) is 3.87. The maximum absolute atomic E-state index is 13.4. The van der Waals surface area contributed by atoms with Crippen LogP contribution in [0.4, 0.5) is 0 Å². The molecule has 2 aliphatic heterocycles. The first-order valence-corrected chi connectivity index (χ1v) is 9.74. The molecule has 2 aromatic carbocycles. The summed E-state index contributed by atoms with van der Waals surface area (Å²) < 4.78 is 11.1. The fraction of sp³-hybridized carbons (Fsp3) is 0.273. The van der Waals surface area contributed by atoms with Gasteiger partial charge in [-0.1, -0.05) is 60.7 Å². The Morgan fingerprint density at radius 3 is 2.23 bits per heavy atom. The smallest absolute Gasteiger partial charge is 0.376 e. The summed E-state index contributed by atoms with van der Waals surface area (Å²) in [6.07, 6.45) is -0.648. The highest BCUT2D eigenvalue weighted by Gasteiger charge is 2.60. The monoisotopic (exact) mass is 424 g/mol. The molecule has 9 nitrogen and oxygen atoms in total. The van der Waals surface area contributed by atoms with Crippen molar-refractivity contribution in [2.45, 2.75) is 30.7 Å². The van der Waals surface area contributed by atoms with E-state index in [1.54, 1.807) is 24.3 Å². The van der Waals surface area contributed by atoms with Crippen molar-refractivity contribution in [3.05, 3.63) is 71.8 Å². The maximum atomic E-state index is 13.4. The van der Waals surface area contributed by atoms with Gasteiger partial charge in [-0.3, -0.25) is 19.2 Å². The molecule has 2 amide bonds. The third-order valence-corrected chi connectivity index (χ3v) is 5.17. The topological polar surface area (TPSA) is 111 Å². The van der Waals surface area contributed by atoms with E-state index in [1.807, 2.05) is 36.4 Å². The molecule has 0 saturated carbocycles. The molecule has 4 rings (SSSR count). The number of ether oxygens (including phenoxy) is 2. The van der Waals surface area contributed by atoms with Gasteiger partial charge in [0, 0.05) is 6.42 Å². The van der Waals surface area contributed by atoms with Crippen LogP contribution in [0.5, 0.6) is 0 Å². The van der Waals surface area contributed by atoms with Crippen molar-refractivity contribution in [2.24, 2.45) is 0 Å². The van der Waals surface area contributed by atoms with Crippen LogP contribution in [-0.4, -0.2) is 47.7 Å². The minimum Gasteiger partial charge on any atom is -0.448 e. The molecule has 160 valence electrons. The Morgan fingerprint density at radius 1 is 1.10 bits per heavy atom. The van der Waals surface area contributed by atoms with Crippen LogP contribution >= 0.6 is 0 Å². The lowest BCUT2D eigenvalue weighted by atomic mass is 10.0. The first-order valence-electron chi connectivity index (χ1n) is 9.74. The lowest BCUT2D eigenvalue weighted by Gasteiger charge is -2.33. The van der Waals surface area contributed by atoms with Gasteiger partial charge in [-0.2, -0.15) is 5.06 Å². The van der Waals surface area contributed by atoms with Gasteiger partial charge in [-0.15, -0.1) is 0 Å². The number of nitrogens with zero attached hydrogens (tertiary/aromatic N) is 1. The molecule has 2 heterocycles. The summed E-state index contributed by atoms with van der Waals surface area (Å²) in [4.78, 5) is 54.2. The van der Waals surface area contributed by atoms with E-state index in [2.05, 4.69) is 5.32 Å². The second-order valence-electron chi connectivity index (χ2n) is 7.13. The quantitative estimate of drug-likeness (QED) is 0.526. The molecule has 2 aliphatic rings. The third-order valence-electron chi connectivity index (χ3n) is 5.17. The summed E-state index contributed by atoms with van der Waals surface area (Å²) in [6.45, 7) is -0.190. The van der Waals surface area contributed by atoms with E-state index in [9.17, 15) is 19.2 Å². The standard InChI is InChI=1S/C22H20N2O7/c25-14-23-17-13-29-24(20(17)27)22(12-11-18(26)31-22)21(28)30-19(15-7-3-1-4-8-15)16-9-5-2-6-10-16/h1-10,14,17,19H,11-13H2,(H,23,25)/t17-,22?/m0/s1. The number of rotatable bonds is 7. The molecule has 0 spiro atoms. The van der Waals surface area contributed by atoms with Gasteiger partial charge in [0.25, 0.3) is 5.91 Å². The molecule has 0 aliphatic carbocycles. The number of carbonyl (C=O) groups is 4. The van der Waals surface area contributed by atoms with Gasteiger partial charge < -0.3 is 14.8 Å². The fourth-order valence-corrected chi connectivity index (χ4v) is 3.62. The molecule has 2 saturated heterocycles. The summed E-state index contributed by atoms with van der Waals surface area (Å²) in [5, 5.41) is 3.03. The first kappa shape index (κ1) is 20.5. The summed E-state index contributed by atoms with van der Waals surface area (Å²) in [5.41, 5.74) is -0.652. The first-order chi connectivity index (χ1) is 15.0. The predicted molar refractivity (Wildman–Crippen MR) is 105 cm³/mol. The lowest BCUT2D eigenvalue weighted by Crippen LogP contribution is -2.57. The van der Waals surface area contributed by atoms with E-state index in [4.69, 9.17) is 14.3 Å². The highest BCUT2D eigenvalue weighted by Crippen LogP contribution is 2.37. The van der Waals surface area contributed by atoms with Crippen molar-refractivity contribution in [3.8, 4) is 0 Å². The van der Waals surface area contributed by atoms with Gasteiger partial charge >= 0.3 is 17.7 Å². The Bertz CT molecular complexity index is 942. The van der Waals surface area contributed by atoms with Gasteiger partial charge in [-0.05, 0) is 11.1 Å². The molecule has 0 radical (unpaired) electrons. The van der Waals surface area contributed by atoms with Gasteiger partial charge in [0.1, 0.15) is 12.6 Å². The average Bonchev–Trinajstić information content (AvgIpc) is 3.37. The normalized spacial score (nSPS) is 23.0. The summed E-state index contributed by atoms with van der Waals surface area (Å²) >= 11 is 0. The van der Waals surface area contributed by atoms with Crippen LogP contribution in [0.1, 0.15) is 30.1 Å². The van der Waals surface area contributed by atoms with E-state index in [1.165, 1.54) is 0 Å². The number of amides is 2. The van der Waals surface area contributed by atoms with Crippen molar-refractivity contribution in [1.82, 2.24) is 10.4 Å². The van der Waals surface area contributed by atoms with Gasteiger partial charge in [0.2, 0.25) is 6.41 Å². The van der Waals surface area contributed by atoms with Crippen molar-refractivity contribution >= 4 is 24.3 Å². The Morgan fingerprint density at radius 2 is 1.71 bits per heavy atom. The van der Waals surface area contributed by atoms with Crippen molar-refractivity contribution in [2.75, 3.05) is 6.61 Å². The molecule has 0 bridgehead atoms. The van der Waals surface area contributed by atoms with E-state index in [0.717, 1.165) is 0 Å². The van der Waals surface area contributed by atoms with E-state index >= 15 is 0 Å². The molecule has 2 fully saturated rings. The average molecular weight is 424 g/mol. The molecule has 0 aromatic heterocycles. The van der Waals surface area contributed by atoms with Crippen molar-refractivity contribution in [3.63, 3.8) is 0 Å². The summed E-state index contributed by atoms with van der Waals surface area (Å²) in [6, 6.07) is 17.2. The number of carbonyl (C=O) groups excluding carboxylic acids is 4. The highest BCUT2D eigenvalue weighted by atomic mass is 16.8. The van der Waals surface area contributed by atoms with Crippen LogP contribution in [0.2, 0.25) is 0 Å². The fourth-order valence-electron chi connectivity index (χ4n) is 3.62. The second kappa shape index (κ2) is 8.57. The van der Waals surface area contributed by atoms with Crippen molar-refractivity contribution in [1.29, 1.82) is 0 Å². The van der Waals surface area contributed by atoms with E-state index in [-0.39, 0.29) is 19.4 Å². The summed E-state index contributed by atoms with van der Waals surface area (Å²) in [5.74, 6) is -2.29. The molecule has 2 atom stereocenters. The Hall–Kier alpha value is -3.72. The predicted octanol–water partition coefficient (Wildman–Crippen LogP) is 1.24. The minimum absolute atomic E-state index is 0.0879. The maximum Gasteiger partial charge on any atom is 0.376 e. The van der Waals surface area contributed by atoms with Crippen LogP contribution in [0, 0.1) is 0 Å². The Balaban J connectivity index is 1.66. The number of hydrogen-bond donors (Lipinski definition) is 1. The van der Waals surface area contributed by atoms with Crippen LogP contribution in [-0.2, 0) is 33.5 Å². The number of nitrogens with one attached hydrogen (secondary N) is 1. The zero-order valence-corrected chi connectivity index (χ0v) is 16.4. The summed E-state index contributed by atoms with van der Waals surface area (Å²) in [7, 11) is 0. The Labute approximate surface area is 177 Å². The number of hydroxylamine groups is 2. The molecule has 9 heteroatoms. The molecular formula is C22H20N2O7. The van der Waals surface area contributed by atoms with Crippen LogP contribution in [0.25, 0.3) is 0 Å². The number of cyclic esters (lactones) is 1. The number of hydrogen-bond acceptors (Lipinski definition) is 7. The van der Waals surface area contributed by atoms with E-state index in [0.29, 0.717) is 22.6 Å². The SMILES string of the molecule is O=CN[C@H]1CON(C2(C(=O)OC(c3ccccc3)c3ccccc3)CCC(=O)O2)C1=O. The minimum atomic E-state index is -2.06. The van der Waals surface area contributed by atoms with Gasteiger partial charge in [-0.25, -0.2) is 4.79 Å². The molecular weight excluding hydrogens is 404 g/mol.